The van der Waals surface area contributed by atoms with Gasteiger partial charge in [-0.15, -0.1) is 0 Å². The number of ether oxygens (including phenoxy) is 6. The summed E-state index contributed by atoms with van der Waals surface area (Å²) in [6.07, 6.45) is -1.54. The van der Waals surface area contributed by atoms with Crippen LogP contribution >= 0.6 is 0 Å². The van der Waals surface area contributed by atoms with Gasteiger partial charge in [-0.1, -0.05) is 97.1 Å². The summed E-state index contributed by atoms with van der Waals surface area (Å²) in [5.74, 6) is -1.64. The zero-order valence-corrected chi connectivity index (χ0v) is 34.1. The summed E-state index contributed by atoms with van der Waals surface area (Å²) in [5, 5.41) is 16.9. The molecule has 62 heavy (non-hydrogen) atoms. The SMILES string of the molecule is O=C(O)CCOCCOCCOCCOCCNC(=O)c1ccc(NC(=O)OCC2c3ccccc3-c3ccccc32)c(NC(=O)OCC2c3ccccc3-c3ccccc32)c1. The van der Waals surface area contributed by atoms with Crippen molar-refractivity contribution in [2.45, 2.75) is 18.3 Å². The fraction of sp³-hybridized carbons (Fsp3) is 0.292. The molecule has 5 aromatic carbocycles. The average Bonchev–Trinajstić information content (AvgIpc) is 3.78. The van der Waals surface area contributed by atoms with Gasteiger partial charge in [-0.05, 0) is 62.7 Å². The molecule has 14 nitrogen and oxygen atoms in total. The Balaban J connectivity index is 0.922. The number of fused-ring (bicyclic) bond motifs is 6. The highest BCUT2D eigenvalue weighted by atomic mass is 16.6. The zero-order chi connectivity index (χ0) is 43.1. The first-order valence-electron chi connectivity index (χ1n) is 20.6. The molecule has 4 N–H and O–H groups in total. The van der Waals surface area contributed by atoms with Crippen molar-refractivity contribution in [1.82, 2.24) is 5.32 Å². The Morgan fingerprint density at radius 2 is 0.887 bits per heavy atom. The van der Waals surface area contributed by atoms with Gasteiger partial charge in [-0.2, -0.15) is 0 Å². The van der Waals surface area contributed by atoms with E-state index in [0.29, 0.717) is 39.6 Å². The molecule has 322 valence electrons. The predicted molar refractivity (Wildman–Crippen MR) is 232 cm³/mol. The summed E-state index contributed by atoms with van der Waals surface area (Å²) in [6, 6.07) is 36.7. The maximum absolute atomic E-state index is 13.5. The summed E-state index contributed by atoms with van der Waals surface area (Å²) in [4.78, 5) is 50.5. The molecule has 0 bridgehead atoms. The van der Waals surface area contributed by atoms with Gasteiger partial charge in [0.05, 0.1) is 70.7 Å². The Kier molecular flexibility index (Phi) is 15.3. The van der Waals surface area contributed by atoms with E-state index in [-0.39, 0.29) is 68.2 Å². The number of carbonyl (C=O) groups is 4. The van der Waals surface area contributed by atoms with Gasteiger partial charge in [-0.25, -0.2) is 9.59 Å². The number of anilines is 2. The van der Waals surface area contributed by atoms with Crippen molar-refractivity contribution < 1.29 is 52.7 Å². The molecule has 0 aliphatic heterocycles. The second kappa shape index (κ2) is 21.8. The molecule has 3 amide bonds. The molecule has 0 unspecified atom stereocenters. The third-order valence-electron chi connectivity index (χ3n) is 10.6. The van der Waals surface area contributed by atoms with Crippen LogP contribution in [0.2, 0.25) is 0 Å². The van der Waals surface area contributed by atoms with Gasteiger partial charge >= 0.3 is 18.2 Å². The third kappa shape index (κ3) is 11.2. The Morgan fingerprint density at radius 3 is 1.34 bits per heavy atom. The molecular formula is C48H49N3O11. The number of rotatable bonds is 22. The Morgan fingerprint density at radius 1 is 0.484 bits per heavy atom. The molecule has 0 aromatic heterocycles. The van der Waals surface area contributed by atoms with Gasteiger partial charge in [0, 0.05) is 23.9 Å². The van der Waals surface area contributed by atoms with E-state index in [0.717, 1.165) is 44.5 Å². The number of carboxylic acid groups (broad SMARTS) is 1. The van der Waals surface area contributed by atoms with E-state index in [1.54, 1.807) is 0 Å². The Bertz CT molecular complexity index is 2260. The largest absolute Gasteiger partial charge is 0.481 e. The molecule has 0 heterocycles. The Hall–Kier alpha value is -6.58. The molecule has 14 heteroatoms. The lowest BCUT2D eigenvalue weighted by molar-refractivity contribution is -0.138. The zero-order valence-electron chi connectivity index (χ0n) is 34.1. The second-order valence-electron chi connectivity index (χ2n) is 14.5. The number of carboxylic acids is 1. The first kappa shape index (κ1) is 43.5. The molecule has 0 saturated carbocycles. The molecule has 0 radical (unpaired) electrons. The van der Waals surface area contributed by atoms with Crippen molar-refractivity contribution in [2.24, 2.45) is 0 Å². The summed E-state index contributed by atoms with van der Waals surface area (Å²) in [7, 11) is 0. The van der Waals surface area contributed by atoms with E-state index in [9.17, 15) is 19.2 Å². The van der Waals surface area contributed by atoms with Gasteiger partial charge in [0.15, 0.2) is 0 Å². The molecule has 2 aliphatic rings. The van der Waals surface area contributed by atoms with Crippen LogP contribution in [0.25, 0.3) is 22.3 Å². The van der Waals surface area contributed by atoms with Gasteiger partial charge in [0.1, 0.15) is 13.2 Å². The normalized spacial score (nSPS) is 12.5. The quantitative estimate of drug-likeness (QED) is 0.0502. The first-order chi connectivity index (χ1) is 30.4. The topological polar surface area (TPSA) is 180 Å². The minimum Gasteiger partial charge on any atom is -0.481 e. The molecule has 0 saturated heterocycles. The lowest BCUT2D eigenvalue weighted by atomic mass is 9.98. The first-order valence-corrected chi connectivity index (χ1v) is 20.6. The van der Waals surface area contributed by atoms with Crippen LogP contribution in [0.3, 0.4) is 0 Å². The summed E-state index contributed by atoms with van der Waals surface area (Å²) in [5.41, 5.74) is 9.28. The van der Waals surface area contributed by atoms with Gasteiger partial charge < -0.3 is 38.8 Å². The number of aliphatic carboxylic acids is 1. The maximum Gasteiger partial charge on any atom is 0.411 e. The number of hydrogen-bond donors (Lipinski definition) is 4. The van der Waals surface area contributed by atoms with Crippen LogP contribution in [0.4, 0.5) is 21.0 Å². The third-order valence-corrected chi connectivity index (χ3v) is 10.6. The lowest BCUT2D eigenvalue weighted by Crippen LogP contribution is -2.28. The number of hydrogen-bond acceptors (Lipinski definition) is 10. The molecule has 0 spiro atoms. The number of carbonyl (C=O) groups excluding carboxylic acids is 3. The van der Waals surface area contributed by atoms with Crippen LogP contribution in [0, 0.1) is 0 Å². The predicted octanol–water partition coefficient (Wildman–Crippen LogP) is 7.68. The van der Waals surface area contributed by atoms with Crippen molar-refractivity contribution in [3.63, 3.8) is 0 Å². The van der Waals surface area contributed by atoms with Crippen molar-refractivity contribution in [3.8, 4) is 22.3 Å². The van der Waals surface area contributed by atoms with E-state index in [1.807, 2.05) is 72.8 Å². The van der Waals surface area contributed by atoms with E-state index >= 15 is 0 Å². The monoisotopic (exact) mass is 843 g/mol. The van der Waals surface area contributed by atoms with E-state index in [2.05, 4.69) is 40.2 Å². The van der Waals surface area contributed by atoms with Crippen molar-refractivity contribution >= 4 is 35.4 Å². The Labute approximate surface area is 359 Å². The smallest absolute Gasteiger partial charge is 0.411 e. The summed E-state index contributed by atoms with van der Waals surface area (Å²) in [6.45, 7) is 2.73. The summed E-state index contributed by atoms with van der Waals surface area (Å²) >= 11 is 0. The van der Waals surface area contributed by atoms with E-state index < -0.39 is 24.1 Å². The van der Waals surface area contributed by atoms with Crippen LogP contribution in [-0.4, -0.2) is 102 Å². The van der Waals surface area contributed by atoms with Crippen LogP contribution < -0.4 is 16.0 Å². The van der Waals surface area contributed by atoms with Crippen LogP contribution in [0.15, 0.2) is 115 Å². The molecule has 5 aromatic rings. The van der Waals surface area contributed by atoms with E-state index in [4.69, 9.17) is 33.5 Å². The fourth-order valence-electron chi connectivity index (χ4n) is 7.65. The van der Waals surface area contributed by atoms with E-state index in [1.165, 1.54) is 18.2 Å². The highest BCUT2D eigenvalue weighted by Crippen LogP contribution is 2.45. The molecule has 0 fully saturated rings. The minimum absolute atomic E-state index is 0.0464. The molecule has 2 aliphatic carbocycles. The van der Waals surface area contributed by atoms with Crippen molar-refractivity contribution in [2.75, 3.05) is 83.2 Å². The van der Waals surface area contributed by atoms with Crippen LogP contribution in [0.5, 0.6) is 0 Å². The van der Waals surface area contributed by atoms with Crippen molar-refractivity contribution in [1.29, 1.82) is 0 Å². The highest BCUT2D eigenvalue weighted by molar-refractivity contribution is 6.01. The minimum atomic E-state index is -0.908. The standard InChI is InChI=1S/C48H49N3O11/c52-45(53)19-21-57-23-25-59-27-28-60-26-24-58-22-20-49-46(54)32-17-18-43(50-47(55)61-30-41-37-13-5-1-9-33(37)34-10-2-6-14-38(34)41)44(29-32)51-48(56)62-31-42-39-15-7-3-11-35(39)36-12-4-8-16-40(36)42/h1-18,29,41-42H,19-28,30-31H2,(H,49,54)(H,50,55)(H,51,56)(H,52,53). The average molecular weight is 844 g/mol. The summed E-state index contributed by atoms with van der Waals surface area (Å²) < 4.78 is 33.2. The lowest BCUT2D eigenvalue weighted by Gasteiger charge is -2.18. The number of nitrogens with one attached hydrogen (secondary N) is 3. The van der Waals surface area contributed by atoms with Gasteiger partial charge in [-0.3, -0.25) is 20.2 Å². The van der Waals surface area contributed by atoms with Gasteiger partial charge in [0.25, 0.3) is 5.91 Å². The maximum atomic E-state index is 13.5. The molecule has 0 atom stereocenters. The van der Waals surface area contributed by atoms with Crippen LogP contribution in [-0.2, 0) is 33.2 Å². The fourth-order valence-corrected chi connectivity index (χ4v) is 7.65. The highest BCUT2D eigenvalue weighted by Gasteiger charge is 2.31. The second-order valence-corrected chi connectivity index (χ2v) is 14.5. The molecule has 7 rings (SSSR count). The number of amides is 3. The number of benzene rings is 5. The van der Waals surface area contributed by atoms with Crippen molar-refractivity contribution in [3.05, 3.63) is 143 Å². The molecular weight excluding hydrogens is 795 g/mol. The van der Waals surface area contributed by atoms with Crippen LogP contribution in [0.1, 0.15) is 50.9 Å². The van der Waals surface area contributed by atoms with Gasteiger partial charge in [0.2, 0.25) is 0 Å².